The third-order valence-electron chi connectivity index (χ3n) is 4.96. The lowest BCUT2D eigenvalue weighted by Crippen LogP contribution is -2.46. The molecule has 0 spiro atoms. The second-order valence-corrected chi connectivity index (χ2v) is 7.40. The molecule has 2 saturated heterocycles. The summed E-state index contributed by atoms with van der Waals surface area (Å²) < 4.78 is 16.0. The molecule has 0 radical (unpaired) electrons. The molecule has 2 bridgehead atoms. The first-order valence-corrected chi connectivity index (χ1v) is 9.34. The van der Waals surface area contributed by atoms with Gasteiger partial charge in [-0.3, -0.25) is 4.90 Å². The Kier molecular flexibility index (Phi) is 7.18. The Morgan fingerprint density at radius 1 is 1.00 bits per heavy atom. The number of carbonyl (C=O) groups excluding carboxylic acids is 3. The van der Waals surface area contributed by atoms with Gasteiger partial charge in [-0.1, -0.05) is 5.57 Å². The third-order valence-corrected chi connectivity index (χ3v) is 4.96. The number of esters is 3. The van der Waals surface area contributed by atoms with Crippen LogP contribution < -0.4 is 0 Å². The molecule has 150 valence electrons. The molecule has 27 heavy (non-hydrogen) atoms. The van der Waals surface area contributed by atoms with E-state index < -0.39 is 11.9 Å². The van der Waals surface area contributed by atoms with E-state index in [0.717, 1.165) is 18.1 Å². The summed E-state index contributed by atoms with van der Waals surface area (Å²) in [5.74, 6) is -1.40. The summed E-state index contributed by atoms with van der Waals surface area (Å²) in [4.78, 5) is 37.9. The maximum absolute atomic E-state index is 12.2. The van der Waals surface area contributed by atoms with E-state index in [2.05, 4.69) is 4.90 Å². The zero-order valence-corrected chi connectivity index (χ0v) is 16.7. The molecular formula is C20H29NO6. The number of likely N-dealkylation sites (N-methyl/N-ethyl adjacent to an activating group) is 1. The molecule has 0 saturated carbocycles. The van der Waals surface area contributed by atoms with Crippen LogP contribution in [0.1, 0.15) is 47.0 Å². The number of fused-ring (bicyclic) bond motifs is 2. The molecule has 0 amide bonds. The zero-order chi connectivity index (χ0) is 20.1. The van der Waals surface area contributed by atoms with Crippen molar-refractivity contribution in [3.05, 3.63) is 23.3 Å². The maximum atomic E-state index is 12.2. The van der Waals surface area contributed by atoms with Crippen molar-refractivity contribution in [2.45, 2.75) is 71.2 Å². The highest BCUT2D eigenvalue weighted by Gasteiger charge is 2.47. The van der Waals surface area contributed by atoms with Gasteiger partial charge in [-0.2, -0.15) is 0 Å². The molecule has 0 aliphatic carbocycles. The van der Waals surface area contributed by atoms with Gasteiger partial charge in [-0.25, -0.2) is 14.4 Å². The minimum Gasteiger partial charge on any atom is -0.463 e. The maximum Gasteiger partial charge on any atom is 0.334 e. The summed E-state index contributed by atoms with van der Waals surface area (Å²) in [6, 6.07) is 0.214. The van der Waals surface area contributed by atoms with Gasteiger partial charge in [0.2, 0.25) is 0 Å². The number of hydrogen-bond acceptors (Lipinski definition) is 7. The summed E-state index contributed by atoms with van der Waals surface area (Å²) in [5.41, 5.74) is 1.11. The van der Waals surface area contributed by atoms with E-state index in [1.54, 1.807) is 6.92 Å². The lowest BCUT2D eigenvalue weighted by Gasteiger charge is -2.36. The van der Waals surface area contributed by atoms with E-state index in [1.807, 2.05) is 20.9 Å². The molecule has 2 fully saturated rings. The fourth-order valence-electron chi connectivity index (χ4n) is 3.68. The van der Waals surface area contributed by atoms with Gasteiger partial charge in [-0.15, -0.1) is 0 Å². The normalized spacial score (nSPS) is 27.7. The molecule has 0 N–H and O–H groups in total. The van der Waals surface area contributed by atoms with Gasteiger partial charge < -0.3 is 14.2 Å². The second kappa shape index (κ2) is 9.17. The largest absolute Gasteiger partial charge is 0.463 e. The quantitative estimate of drug-likeness (QED) is 0.397. The topological polar surface area (TPSA) is 82.1 Å². The third kappa shape index (κ3) is 5.66. The van der Waals surface area contributed by atoms with Gasteiger partial charge in [0.1, 0.15) is 12.2 Å². The number of allylic oxidation sites excluding steroid dienone is 1. The van der Waals surface area contributed by atoms with Crippen molar-refractivity contribution in [3.8, 4) is 0 Å². The standard InChI is InChI=1S/C20H29NO6/c1-6-25-18(22)8-13(4)20(24)26-15-9-14-10-17(16(11-15)21(14)5)27-19(23)7-12(2)3/h7-8,14-17H,6,9-11H2,1-5H3/t14-,15-,16+,17-/m1/s1. The summed E-state index contributed by atoms with van der Waals surface area (Å²) >= 11 is 0. The highest BCUT2D eigenvalue weighted by atomic mass is 16.6. The molecule has 0 aromatic carbocycles. The zero-order valence-electron chi connectivity index (χ0n) is 16.7. The van der Waals surface area contributed by atoms with Gasteiger partial charge in [-0.05, 0) is 34.7 Å². The SMILES string of the molecule is CCOC(=O)C=C(C)C(=O)O[C@@H]1C[C@@H]2C[C@@H](OC(=O)C=C(C)C)[C@H](C1)N2C. The van der Waals surface area contributed by atoms with Crippen LogP contribution in [0, 0.1) is 0 Å². The highest BCUT2D eigenvalue weighted by Crippen LogP contribution is 2.37. The smallest absolute Gasteiger partial charge is 0.334 e. The van der Waals surface area contributed by atoms with E-state index in [-0.39, 0.29) is 42.4 Å². The van der Waals surface area contributed by atoms with E-state index >= 15 is 0 Å². The second-order valence-electron chi connectivity index (χ2n) is 7.40. The summed E-state index contributed by atoms with van der Waals surface area (Å²) in [6.07, 6.45) is 4.18. The summed E-state index contributed by atoms with van der Waals surface area (Å²) in [6.45, 7) is 7.19. The van der Waals surface area contributed by atoms with Crippen LogP contribution >= 0.6 is 0 Å². The van der Waals surface area contributed by atoms with Crippen molar-refractivity contribution in [2.24, 2.45) is 0 Å². The lowest BCUT2D eigenvalue weighted by atomic mass is 10.00. The first-order valence-electron chi connectivity index (χ1n) is 9.34. The highest BCUT2D eigenvalue weighted by molar-refractivity contribution is 5.95. The van der Waals surface area contributed by atoms with Crippen LogP contribution in [-0.4, -0.2) is 60.8 Å². The Balaban J connectivity index is 1.96. The molecule has 0 aromatic heterocycles. The van der Waals surface area contributed by atoms with Gasteiger partial charge in [0.15, 0.2) is 0 Å². The van der Waals surface area contributed by atoms with E-state index in [4.69, 9.17) is 14.2 Å². The Morgan fingerprint density at radius 2 is 1.70 bits per heavy atom. The summed E-state index contributed by atoms with van der Waals surface area (Å²) in [7, 11) is 2.01. The number of rotatable bonds is 6. The van der Waals surface area contributed by atoms with Gasteiger partial charge in [0.05, 0.1) is 12.6 Å². The van der Waals surface area contributed by atoms with Crippen LogP contribution in [-0.2, 0) is 28.6 Å². The molecule has 2 heterocycles. The van der Waals surface area contributed by atoms with Crippen molar-refractivity contribution in [1.82, 2.24) is 4.90 Å². The van der Waals surface area contributed by atoms with Crippen LogP contribution in [0.15, 0.2) is 23.3 Å². The van der Waals surface area contributed by atoms with Crippen LogP contribution in [0.2, 0.25) is 0 Å². The molecule has 2 aliphatic rings. The van der Waals surface area contributed by atoms with Crippen LogP contribution in [0.4, 0.5) is 0 Å². The van der Waals surface area contributed by atoms with Gasteiger partial charge in [0, 0.05) is 43.0 Å². The van der Waals surface area contributed by atoms with E-state index in [9.17, 15) is 14.4 Å². The Hall–Kier alpha value is -2.15. The number of hydrogen-bond donors (Lipinski definition) is 0. The molecular weight excluding hydrogens is 350 g/mol. The molecule has 7 heteroatoms. The Labute approximate surface area is 160 Å². The minimum absolute atomic E-state index is 0.0189. The van der Waals surface area contributed by atoms with Crippen molar-refractivity contribution >= 4 is 17.9 Å². The van der Waals surface area contributed by atoms with Crippen molar-refractivity contribution in [2.75, 3.05) is 13.7 Å². The number of nitrogens with zero attached hydrogens (tertiary/aromatic N) is 1. The molecule has 7 nitrogen and oxygen atoms in total. The van der Waals surface area contributed by atoms with Gasteiger partial charge >= 0.3 is 17.9 Å². The van der Waals surface area contributed by atoms with E-state index in [0.29, 0.717) is 12.8 Å². The minimum atomic E-state index is -0.554. The predicted octanol–water partition coefficient (Wildman–Crippen LogP) is 2.15. The average molecular weight is 379 g/mol. The fourth-order valence-corrected chi connectivity index (χ4v) is 3.68. The molecule has 2 rings (SSSR count). The van der Waals surface area contributed by atoms with Gasteiger partial charge in [0.25, 0.3) is 0 Å². The summed E-state index contributed by atoms with van der Waals surface area (Å²) in [5, 5.41) is 0. The molecule has 2 aliphatic heterocycles. The first kappa shape index (κ1) is 21.2. The van der Waals surface area contributed by atoms with Crippen LogP contribution in [0.5, 0.6) is 0 Å². The molecule has 4 atom stereocenters. The Morgan fingerprint density at radius 3 is 2.33 bits per heavy atom. The lowest BCUT2D eigenvalue weighted by molar-refractivity contribution is -0.151. The van der Waals surface area contributed by atoms with Crippen molar-refractivity contribution in [3.63, 3.8) is 0 Å². The fraction of sp³-hybridized carbons (Fsp3) is 0.650. The number of carbonyl (C=O) groups is 3. The van der Waals surface area contributed by atoms with Crippen LogP contribution in [0.25, 0.3) is 0 Å². The van der Waals surface area contributed by atoms with E-state index in [1.165, 1.54) is 13.0 Å². The van der Waals surface area contributed by atoms with Crippen LogP contribution in [0.3, 0.4) is 0 Å². The monoisotopic (exact) mass is 379 g/mol. The predicted molar refractivity (Wildman–Crippen MR) is 98.8 cm³/mol. The average Bonchev–Trinajstić information content (AvgIpc) is 2.73. The van der Waals surface area contributed by atoms with Crippen molar-refractivity contribution in [1.29, 1.82) is 0 Å². The number of piperidine rings is 1. The number of ether oxygens (including phenoxy) is 3. The Bertz CT molecular complexity index is 649. The first-order chi connectivity index (χ1) is 12.7. The molecule has 0 unspecified atom stereocenters. The molecule has 0 aromatic rings. The van der Waals surface area contributed by atoms with Crippen molar-refractivity contribution < 1.29 is 28.6 Å².